The van der Waals surface area contributed by atoms with Crippen LogP contribution in [0.2, 0.25) is 0 Å². The van der Waals surface area contributed by atoms with Crippen LogP contribution in [-0.2, 0) is 26.2 Å². The van der Waals surface area contributed by atoms with Crippen LogP contribution in [0, 0.1) is 6.92 Å². The number of sulfonamides is 1. The third kappa shape index (κ3) is 8.33. The maximum Gasteiger partial charge on any atom is 0.264 e. The van der Waals surface area contributed by atoms with Crippen molar-refractivity contribution in [3.05, 3.63) is 90.0 Å². The zero-order chi connectivity index (χ0) is 30.0. The molecule has 220 valence electrons. The molecule has 2 unspecified atom stereocenters. The molecule has 0 bridgehead atoms. The lowest BCUT2D eigenvalue weighted by Crippen LogP contribution is -2.53. The van der Waals surface area contributed by atoms with Crippen molar-refractivity contribution in [1.82, 2.24) is 10.2 Å². The lowest BCUT2D eigenvalue weighted by atomic mass is 10.1. The van der Waals surface area contributed by atoms with E-state index in [0.29, 0.717) is 24.5 Å². The first kappa shape index (κ1) is 31.7. The van der Waals surface area contributed by atoms with E-state index in [9.17, 15) is 18.0 Å². The van der Waals surface area contributed by atoms with E-state index in [1.54, 1.807) is 42.5 Å². The second kappa shape index (κ2) is 14.7. The fraction of sp³-hybridized carbons (Fsp3) is 0.375. The minimum atomic E-state index is -4.12. The van der Waals surface area contributed by atoms with Crippen LogP contribution in [0.25, 0.3) is 0 Å². The Hall–Kier alpha value is -3.85. The van der Waals surface area contributed by atoms with Crippen molar-refractivity contribution in [2.75, 3.05) is 17.5 Å². The Bertz CT molecular complexity index is 1380. The van der Waals surface area contributed by atoms with Crippen LogP contribution >= 0.6 is 0 Å². The van der Waals surface area contributed by atoms with E-state index in [1.165, 1.54) is 17.0 Å². The number of carbonyl (C=O) groups excluding carboxylic acids is 2. The number of hydrogen-bond acceptors (Lipinski definition) is 5. The highest BCUT2D eigenvalue weighted by Gasteiger charge is 2.34. The number of benzene rings is 3. The quantitative estimate of drug-likeness (QED) is 0.279. The average Bonchev–Trinajstić information content (AvgIpc) is 2.97. The van der Waals surface area contributed by atoms with Gasteiger partial charge in [-0.3, -0.25) is 13.9 Å². The van der Waals surface area contributed by atoms with Crippen LogP contribution in [0.5, 0.6) is 5.75 Å². The molecule has 0 saturated heterocycles. The number of anilines is 1. The van der Waals surface area contributed by atoms with Gasteiger partial charge in [-0.2, -0.15) is 0 Å². The van der Waals surface area contributed by atoms with Gasteiger partial charge >= 0.3 is 0 Å². The summed E-state index contributed by atoms with van der Waals surface area (Å²) in [6.45, 7) is 9.72. The summed E-state index contributed by atoms with van der Waals surface area (Å²) in [5, 5.41) is 2.99. The molecule has 0 radical (unpaired) electrons. The number of amides is 2. The van der Waals surface area contributed by atoms with Crippen molar-refractivity contribution in [3.8, 4) is 5.75 Å². The van der Waals surface area contributed by atoms with Crippen LogP contribution in [0.15, 0.2) is 83.8 Å². The van der Waals surface area contributed by atoms with Gasteiger partial charge in [0.1, 0.15) is 18.3 Å². The number of nitrogens with one attached hydrogen (secondary N) is 1. The number of rotatable bonds is 14. The summed E-state index contributed by atoms with van der Waals surface area (Å²) in [4.78, 5) is 29.0. The van der Waals surface area contributed by atoms with Crippen molar-refractivity contribution in [2.24, 2.45) is 0 Å². The topological polar surface area (TPSA) is 96.0 Å². The van der Waals surface area contributed by atoms with Crippen LogP contribution in [-0.4, -0.2) is 50.4 Å². The standard InChI is InChI=1S/C32H41N3O5S/c1-6-25(5)33-32(37)30(7-2)34(22-26-16-14-24(4)15-17-26)31(36)23-35(27-18-20-28(21-19-27)40-8-3)41(38,39)29-12-10-9-11-13-29/h9-21,25,30H,6-8,22-23H2,1-5H3,(H,33,37). The van der Waals surface area contributed by atoms with Gasteiger partial charge in [-0.25, -0.2) is 8.42 Å². The maximum atomic E-state index is 14.1. The van der Waals surface area contributed by atoms with Gasteiger partial charge in [0.25, 0.3) is 10.0 Å². The largest absolute Gasteiger partial charge is 0.494 e. The fourth-order valence-electron chi connectivity index (χ4n) is 4.37. The maximum absolute atomic E-state index is 14.1. The summed E-state index contributed by atoms with van der Waals surface area (Å²) in [6.07, 6.45) is 1.11. The second-order valence-corrected chi connectivity index (χ2v) is 11.9. The fourth-order valence-corrected chi connectivity index (χ4v) is 5.81. The van der Waals surface area contributed by atoms with Gasteiger partial charge in [0.05, 0.1) is 17.2 Å². The summed E-state index contributed by atoms with van der Waals surface area (Å²) in [6, 6.07) is 21.5. The second-order valence-electron chi connectivity index (χ2n) is 10.0. The number of ether oxygens (including phenoxy) is 1. The highest BCUT2D eigenvalue weighted by molar-refractivity contribution is 7.92. The summed E-state index contributed by atoms with van der Waals surface area (Å²) < 4.78 is 34.4. The molecule has 0 aliphatic carbocycles. The van der Waals surface area contributed by atoms with Gasteiger partial charge in [0.15, 0.2) is 0 Å². The Morgan fingerprint density at radius 3 is 2.07 bits per heavy atom. The lowest BCUT2D eigenvalue weighted by molar-refractivity contribution is -0.140. The van der Waals surface area contributed by atoms with Gasteiger partial charge in [0, 0.05) is 12.6 Å². The summed E-state index contributed by atoms with van der Waals surface area (Å²) >= 11 is 0. The molecule has 3 aromatic carbocycles. The SMILES string of the molecule is CCOc1ccc(N(CC(=O)N(Cc2ccc(C)cc2)C(CC)C(=O)NC(C)CC)S(=O)(=O)c2ccccc2)cc1. The van der Waals surface area contributed by atoms with Gasteiger partial charge < -0.3 is 15.0 Å². The number of hydrogen-bond donors (Lipinski definition) is 1. The van der Waals surface area contributed by atoms with E-state index in [-0.39, 0.29) is 23.4 Å². The zero-order valence-corrected chi connectivity index (χ0v) is 25.4. The summed E-state index contributed by atoms with van der Waals surface area (Å²) in [5.41, 5.74) is 2.24. The molecule has 0 saturated carbocycles. The highest BCUT2D eigenvalue weighted by atomic mass is 32.2. The van der Waals surface area contributed by atoms with Gasteiger partial charge in [-0.1, -0.05) is 61.9 Å². The van der Waals surface area contributed by atoms with Gasteiger partial charge in [0.2, 0.25) is 11.8 Å². The molecule has 2 atom stereocenters. The van der Waals surface area contributed by atoms with Crippen LogP contribution in [0.3, 0.4) is 0 Å². The van der Waals surface area contributed by atoms with E-state index >= 15 is 0 Å². The monoisotopic (exact) mass is 579 g/mol. The molecule has 0 aliphatic heterocycles. The summed E-state index contributed by atoms with van der Waals surface area (Å²) in [7, 11) is -4.12. The predicted molar refractivity (Wildman–Crippen MR) is 162 cm³/mol. The van der Waals surface area contributed by atoms with Crippen molar-refractivity contribution in [1.29, 1.82) is 0 Å². The zero-order valence-electron chi connectivity index (χ0n) is 24.5. The number of nitrogens with zero attached hydrogens (tertiary/aromatic N) is 2. The molecule has 2 amide bonds. The molecule has 3 rings (SSSR count). The molecule has 0 heterocycles. The van der Waals surface area contributed by atoms with Gasteiger partial charge in [-0.05, 0) is 75.6 Å². The molecular formula is C32H41N3O5S. The van der Waals surface area contributed by atoms with Crippen molar-refractivity contribution in [3.63, 3.8) is 0 Å². The predicted octanol–water partition coefficient (Wildman–Crippen LogP) is 5.31. The van der Waals surface area contributed by atoms with Crippen LogP contribution in [0.4, 0.5) is 5.69 Å². The van der Waals surface area contributed by atoms with Gasteiger partial charge in [-0.15, -0.1) is 0 Å². The van der Waals surface area contributed by atoms with E-state index in [2.05, 4.69) is 5.32 Å². The van der Waals surface area contributed by atoms with E-state index in [1.807, 2.05) is 58.9 Å². The lowest BCUT2D eigenvalue weighted by Gasteiger charge is -2.33. The molecule has 41 heavy (non-hydrogen) atoms. The first-order valence-electron chi connectivity index (χ1n) is 14.1. The molecule has 0 fully saturated rings. The van der Waals surface area contributed by atoms with Crippen LogP contribution in [0.1, 0.15) is 51.7 Å². The van der Waals surface area contributed by atoms with Crippen molar-refractivity contribution < 1.29 is 22.7 Å². The minimum absolute atomic E-state index is 0.0633. The first-order valence-corrected chi connectivity index (χ1v) is 15.5. The molecule has 3 aromatic rings. The van der Waals surface area contributed by atoms with Crippen molar-refractivity contribution in [2.45, 2.75) is 71.0 Å². The molecule has 0 aromatic heterocycles. The Kier molecular flexibility index (Phi) is 11.3. The molecule has 8 nitrogen and oxygen atoms in total. The Morgan fingerprint density at radius 1 is 0.878 bits per heavy atom. The first-order chi connectivity index (χ1) is 19.6. The molecular weight excluding hydrogens is 538 g/mol. The van der Waals surface area contributed by atoms with E-state index in [4.69, 9.17) is 4.74 Å². The Balaban J connectivity index is 2.04. The van der Waals surface area contributed by atoms with E-state index < -0.39 is 28.5 Å². The molecule has 9 heteroatoms. The third-order valence-corrected chi connectivity index (χ3v) is 8.69. The number of aryl methyl sites for hydroxylation is 1. The molecule has 1 N–H and O–H groups in total. The van der Waals surface area contributed by atoms with E-state index in [0.717, 1.165) is 21.9 Å². The smallest absolute Gasteiger partial charge is 0.264 e. The number of carbonyl (C=O) groups is 2. The Morgan fingerprint density at radius 2 is 1.51 bits per heavy atom. The third-order valence-electron chi connectivity index (χ3n) is 6.91. The normalized spacial score (nSPS) is 12.7. The highest BCUT2D eigenvalue weighted by Crippen LogP contribution is 2.27. The van der Waals surface area contributed by atoms with Crippen molar-refractivity contribution >= 4 is 27.5 Å². The Labute approximate surface area is 244 Å². The molecule has 0 spiro atoms. The molecule has 0 aliphatic rings. The summed E-state index contributed by atoms with van der Waals surface area (Å²) in [5.74, 6) is -0.153. The minimum Gasteiger partial charge on any atom is -0.494 e. The van der Waals surface area contributed by atoms with Crippen LogP contribution < -0.4 is 14.4 Å². The average molecular weight is 580 g/mol.